The van der Waals surface area contributed by atoms with E-state index in [-0.39, 0.29) is 17.3 Å². The average Bonchev–Trinajstić information content (AvgIpc) is 3.00. The Morgan fingerprint density at radius 3 is 2.71 bits per heavy atom. The summed E-state index contributed by atoms with van der Waals surface area (Å²) in [4.78, 5) is 34.4. The molecule has 4 rings (SSSR count). The van der Waals surface area contributed by atoms with Crippen molar-refractivity contribution in [3.8, 4) is 0 Å². The number of fused-ring (bicyclic) bond motifs is 1. The van der Waals surface area contributed by atoms with Crippen molar-refractivity contribution in [3.05, 3.63) is 41.2 Å². The summed E-state index contributed by atoms with van der Waals surface area (Å²) in [5.74, 6) is 0.611. The Bertz CT molecular complexity index is 810. The molecule has 2 amide bonds. The fraction of sp³-hybridized carbons (Fsp3) is 0.412. The van der Waals surface area contributed by atoms with Gasteiger partial charge in [0.1, 0.15) is 17.8 Å². The van der Waals surface area contributed by atoms with Crippen LogP contribution < -0.4 is 10.6 Å². The van der Waals surface area contributed by atoms with Gasteiger partial charge in [0.2, 0.25) is 0 Å². The van der Waals surface area contributed by atoms with Crippen molar-refractivity contribution < 1.29 is 14.0 Å². The van der Waals surface area contributed by atoms with E-state index < -0.39 is 5.91 Å². The molecule has 0 unspecified atom stereocenters. The highest BCUT2D eigenvalue weighted by Gasteiger charge is 2.30. The summed E-state index contributed by atoms with van der Waals surface area (Å²) in [6.45, 7) is 0.534. The largest absolute Gasteiger partial charge is 0.448 e. The van der Waals surface area contributed by atoms with E-state index >= 15 is 0 Å². The number of carbonyl (C=O) groups is 2. The van der Waals surface area contributed by atoms with E-state index in [1.54, 1.807) is 11.0 Å². The first-order chi connectivity index (χ1) is 11.6. The second-order valence-electron chi connectivity index (χ2n) is 6.30. The number of nitrogens with two attached hydrogens (primary N) is 1. The molecule has 2 aliphatic rings. The van der Waals surface area contributed by atoms with Gasteiger partial charge in [0, 0.05) is 12.5 Å². The Balaban J connectivity index is 1.64. The first-order valence-electron chi connectivity index (χ1n) is 8.20. The van der Waals surface area contributed by atoms with Crippen molar-refractivity contribution in [2.45, 2.75) is 38.0 Å². The lowest BCUT2D eigenvalue weighted by molar-refractivity contribution is 0.0972. The molecule has 1 aliphatic heterocycles. The van der Waals surface area contributed by atoms with Gasteiger partial charge in [-0.25, -0.2) is 9.97 Å². The number of pyridine rings is 1. The van der Waals surface area contributed by atoms with Crippen molar-refractivity contribution in [3.63, 3.8) is 0 Å². The Kier molecular flexibility index (Phi) is 3.55. The fourth-order valence-electron chi connectivity index (χ4n) is 3.14. The molecule has 7 nitrogen and oxygen atoms in total. The lowest BCUT2D eigenvalue weighted by Crippen LogP contribution is -2.37. The van der Waals surface area contributed by atoms with Gasteiger partial charge in [-0.2, -0.15) is 0 Å². The highest BCUT2D eigenvalue weighted by Crippen LogP contribution is 2.36. The van der Waals surface area contributed by atoms with Crippen molar-refractivity contribution >= 4 is 17.6 Å². The van der Waals surface area contributed by atoms with Crippen LogP contribution in [0.5, 0.6) is 0 Å². The van der Waals surface area contributed by atoms with Crippen molar-refractivity contribution in [2.75, 3.05) is 11.4 Å². The minimum atomic E-state index is -0.607. The standard InChI is InChI=1S/C17H18N4O3/c18-14(22)12-7-6-10-5-2-8-21(15(10)19-12)17(23)13-9-24-16(20-13)11-3-1-4-11/h6-7,9,11H,1-5,8H2,(H2,18,22). The molecule has 2 aromatic rings. The number of oxazole rings is 1. The fourth-order valence-corrected chi connectivity index (χ4v) is 3.14. The zero-order valence-electron chi connectivity index (χ0n) is 13.2. The number of hydrogen-bond donors (Lipinski definition) is 1. The predicted octanol–water partition coefficient (Wildman–Crippen LogP) is 2.03. The number of amides is 2. The molecule has 0 saturated heterocycles. The Labute approximate surface area is 138 Å². The third-order valence-electron chi connectivity index (χ3n) is 4.73. The Hall–Kier alpha value is -2.70. The van der Waals surface area contributed by atoms with Crippen LogP contribution in [-0.2, 0) is 6.42 Å². The Morgan fingerprint density at radius 1 is 1.17 bits per heavy atom. The number of rotatable bonds is 3. The number of anilines is 1. The summed E-state index contributed by atoms with van der Waals surface area (Å²) in [6, 6.07) is 3.41. The SMILES string of the molecule is NC(=O)c1ccc2c(n1)N(C(=O)c1coc(C3CCC3)n1)CCC2. The summed E-state index contributed by atoms with van der Waals surface area (Å²) in [5.41, 5.74) is 6.68. The third kappa shape index (κ3) is 2.46. The predicted molar refractivity (Wildman–Crippen MR) is 85.8 cm³/mol. The van der Waals surface area contributed by atoms with E-state index in [4.69, 9.17) is 10.2 Å². The van der Waals surface area contributed by atoms with Crippen LogP contribution >= 0.6 is 0 Å². The van der Waals surface area contributed by atoms with E-state index in [0.717, 1.165) is 31.2 Å². The maximum absolute atomic E-state index is 12.8. The van der Waals surface area contributed by atoms with Gasteiger partial charge in [-0.1, -0.05) is 12.5 Å². The van der Waals surface area contributed by atoms with Crippen LogP contribution in [0, 0.1) is 0 Å². The molecular formula is C17H18N4O3. The van der Waals surface area contributed by atoms with Crippen LogP contribution in [-0.4, -0.2) is 28.3 Å². The molecule has 0 radical (unpaired) electrons. The normalized spacial score (nSPS) is 17.2. The number of aryl methyl sites for hydroxylation is 1. The van der Waals surface area contributed by atoms with Crippen LogP contribution in [0.4, 0.5) is 5.82 Å². The first kappa shape index (κ1) is 14.9. The van der Waals surface area contributed by atoms with Crippen molar-refractivity contribution in [1.29, 1.82) is 0 Å². The average molecular weight is 326 g/mol. The monoisotopic (exact) mass is 326 g/mol. The summed E-state index contributed by atoms with van der Waals surface area (Å²) in [7, 11) is 0. The van der Waals surface area contributed by atoms with E-state index in [1.165, 1.54) is 12.7 Å². The van der Waals surface area contributed by atoms with Gasteiger partial charge in [0.25, 0.3) is 11.8 Å². The molecule has 1 fully saturated rings. The van der Waals surface area contributed by atoms with Crippen molar-refractivity contribution in [2.24, 2.45) is 5.73 Å². The molecule has 0 atom stereocenters. The highest BCUT2D eigenvalue weighted by atomic mass is 16.3. The third-order valence-corrected chi connectivity index (χ3v) is 4.73. The number of aromatic nitrogens is 2. The van der Waals surface area contributed by atoms with Crippen molar-refractivity contribution in [1.82, 2.24) is 9.97 Å². The zero-order chi connectivity index (χ0) is 16.7. The maximum Gasteiger partial charge on any atom is 0.281 e. The van der Waals surface area contributed by atoms with Gasteiger partial charge < -0.3 is 10.2 Å². The zero-order valence-corrected chi connectivity index (χ0v) is 13.2. The summed E-state index contributed by atoms with van der Waals surface area (Å²) < 4.78 is 5.48. The molecule has 2 N–H and O–H groups in total. The first-order valence-corrected chi connectivity index (χ1v) is 8.20. The smallest absolute Gasteiger partial charge is 0.281 e. The van der Waals surface area contributed by atoms with Crippen LogP contribution in [0.1, 0.15) is 64.0 Å². The molecule has 3 heterocycles. The number of hydrogen-bond acceptors (Lipinski definition) is 5. The molecule has 0 spiro atoms. The minimum Gasteiger partial charge on any atom is -0.448 e. The van der Waals surface area contributed by atoms with Gasteiger partial charge in [-0.15, -0.1) is 0 Å². The van der Waals surface area contributed by atoms with E-state index in [0.29, 0.717) is 24.2 Å². The topological polar surface area (TPSA) is 102 Å². The molecular weight excluding hydrogens is 308 g/mol. The maximum atomic E-state index is 12.8. The summed E-state index contributed by atoms with van der Waals surface area (Å²) in [5, 5.41) is 0. The number of carbonyl (C=O) groups excluding carboxylic acids is 2. The summed E-state index contributed by atoms with van der Waals surface area (Å²) >= 11 is 0. The molecule has 0 bridgehead atoms. The molecule has 7 heteroatoms. The molecule has 124 valence electrons. The van der Waals surface area contributed by atoms with Crippen LogP contribution in [0.15, 0.2) is 22.8 Å². The Morgan fingerprint density at radius 2 is 2.00 bits per heavy atom. The number of primary amides is 1. The van der Waals surface area contributed by atoms with Gasteiger partial charge in [-0.05, 0) is 37.3 Å². The van der Waals surface area contributed by atoms with E-state index in [2.05, 4.69) is 9.97 Å². The van der Waals surface area contributed by atoms with Gasteiger partial charge in [-0.3, -0.25) is 14.5 Å². The summed E-state index contributed by atoms with van der Waals surface area (Å²) in [6.07, 6.45) is 6.37. The second kappa shape index (κ2) is 5.74. The molecule has 1 saturated carbocycles. The lowest BCUT2D eigenvalue weighted by Gasteiger charge is -2.27. The van der Waals surface area contributed by atoms with Crippen LogP contribution in [0.25, 0.3) is 0 Å². The quantitative estimate of drug-likeness (QED) is 0.929. The van der Waals surface area contributed by atoms with Gasteiger partial charge in [0.05, 0.1) is 0 Å². The lowest BCUT2D eigenvalue weighted by atomic mass is 9.85. The van der Waals surface area contributed by atoms with E-state index in [9.17, 15) is 9.59 Å². The molecule has 1 aliphatic carbocycles. The number of nitrogens with zero attached hydrogens (tertiary/aromatic N) is 3. The van der Waals surface area contributed by atoms with Gasteiger partial charge in [0.15, 0.2) is 11.6 Å². The van der Waals surface area contributed by atoms with Crippen LogP contribution in [0.3, 0.4) is 0 Å². The highest BCUT2D eigenvalue weighted by molar-refractivity contribution is 6.05. The van der Waals surface area contributed by atoms with Gasteiger partial charge >= 0.3 is 0 Å². The molecule has 2 aromatic heterocycles. The molecule has 24 heavy (non-hydrogen) atoms. The van der Waals surface area contributed by atoms with Crippen LogP contribution in [0.2, 0.25) is 0 Å². The molecule has 0 aromatic carbocycles. The van der Waals surface area contributed by atoms with E-state index in [1.807, 2.05) is 6.07 Å². The second-order valence-corrected chi connectivity index (χ2v) is 6.30. The minimum absolute atomic E-state index is 0.156.